The molecule has 3 rings (SSSR count). The van der Waals surface area contributed by atoms with Gasteiger partial charge in [-0.15, -0.1) is 12.4 Å². The lowest BCUT2D eigenvalue weighted by Gasteiger charge is -2.28. The number of hydrogen-bond donors (Lipinski definition) is 3. The van der Waals surface area contributed by atoms with Crippen molar-refractivity contribution in [3.05, 3.63) is 58.7 Å². The third-order valence-corrected chi connectivity index (χ3v) is 4.23. The van der Waals surface area contributed by atoms with E-state index in [2.05, 4.69) is 43.4 Å². The van der Waals surface area contributed by atoms with Crippen LogP contribution in [-0.2, 0) is 6.42 Å². The van der Waals surface area contributed by atoms with Crippen LogP contribution in [0, 0.1) is 0 Å². The average Bonchev–Trinajstić information content (AvgIpc) is 2.48. The smallest absolute Gasteiger partial charge is 0.157 e. The molecule has 2 aromatic carbocycles. The van der Waals surface area contributed by atoms with Crippen LogP contribution < -0.4 is 5.32 Å². The predicted octanol–water partition coefficient (Wildman–Crippen LogP) is 3.88. The van der Waals surface area contributed by atoms with Crippen LogP contribution >= 0.6 is 12.4 Å². The molecule has 0 bridgehead atoms. The highest BCUT2D eigenvalue weighted by atomic mass is 35.5. The molecule has 0 spiro atoms. The van der Waals surface area contributed by atoms with Crippen LogP contribution in [0.5, 0.6) is 11.5 Å². The number of rotatable bonds is 2. The quantitative estimate of drug-likeness (QED) is 0.736. The molecule has 0 saturated carbocycles. The summed E-state index contributed by atoms with van der Waals surface area (Å²) in [4.78, 5) is 0. The number of benzene rings is 2. The Kier molecular flexibility index (Phi) is 4.99. The number of aromatic hydroxyl groups is 2. The van der Waals surface area contributed by atoms with Crippen molar-refractivity contribution in [2.75, 3.05) is 6.54 Å². The first-order valence-electron chi connectivity index (χ1n) is 7.44. The van der Waals surface area contributed by atoms with Gasteiger partial charge in [0, 0.05) is 6.54 Å². The zero-order valence-electron chi connectivity index (χ0n) is 12.8. The molecule has 118 valence electrons. The molecule has 1 unspecified atom stereocenters. The van der Waals surface area contributed by atoms with E-state index in [-0.39, 0.29) is 29.9 Å². The van der Waals surface area contributed by atoms with Crippen molar-refractivity contribution in [2.24, 2.45) is 0 Å². The van der Waals surface area contributed by atoms with E-state index >= 15 is 0 Å². The Morgan fingerprint density at radius 2 is 1.68 bits per heavy atom. The van der Waals surface area contributed by atoms with Crippen LogP contribution in [0.2, 0.25) is 0 Å². The molecule has 22 heavy (non-hydrogen) atoms. The van der Waals surface area contributed by atoms with Gasteiger partial charge in [-0.1, -0.05) is 38.1 Å². The van der Waals surface area contributed by atoms with Gasteiger partial charge in [0.25, 0.3) is 0 Å². The van der Waals surface area contributed by atoms with Crippen molar-refractivity contribution >= 4 is 12.4 Å². The monoisotopic (exact) mass is 319 g/mol. The van der Waals surface area contributed by atoms with E-state index in [1.807, 2.05) is 0 Å². The molecule has 1 aliphatic rings. The Bertz CT molecular complexity index is 653. The minimum atomic E-state index is -0.0544. The summed E-state index contributed by atoms with van der Waals surface area (Å²) < 4.78 is 0. The van der Waals surface area contributed by atoms with E-state index in [1.165, 1.54) is 11.1 Å². The van der Waals surface area contributed by atoms with Crippen LogP contribution in [-0.4, -0.2) is 16.8 Å². The van der Waals surface area contributed by atoms with Gasteiger partial charge in [0.05, 0.1) is 6.04 Å². The number of phenols is 2. The van der Waals surface area contributed by atoms with Crippen LogP contribution in [0.4, 0.5) is 0 Å². The molecular weight excluding hydrogens is 298 g/mol. The van der Waals surface area contributed by atoms with Gasteiger partial charge >= 0.3 is 0 Å². The Hall–Kier alpha value is -1.71. The summed E-state index contributed by atoms with van der Waals surface area (Å²) in [7, 11) is 0. The second kappa shape index (κ2) is 6.59. The van der Waals surface area contributed by atoms with Gasteiger partial charge in [0.2, 0.25) is 0 Å². The zero-order chi connectivity index (χ0) is 15.0. The highest BCUT2D eigenvalue weighted by molar-refractivity contribution is 5.85. The number of phenolic OH excluding ortho intramolecular Hbond substituents is 2. The minimum absolute atomic E-state index is 0. The molecule has 1 aliphatic heterocycles. The summed E-state index contributed by atoms with van der Waals surface area (Å²) in [5, 5.41) is 22.9. The first kappa shape index (κ1) is 16.7. The van der Waals surface area contributed by atoms with E-state index in [9.17, 15) is 10.2 Å². The van der Waals surface area contributed by atoms with E-state index in [1.54, 1.807) is 12.1 Å². The Morgan fingerprint density at radius 3 is 2.32 bits per heavy atom. The van der Waals surface area contributed by atoms with Gasteiger partial charge in [0.15, 0.2) is 11.5 Å². The Balaban J connectivity index is 0.00000176. The van der Waals surface area contributed by atoms with Crippen molar-refractivity contribution in [1.29, 1.82) is 0 Å². The molecule has 0 fully saturated rings. The fraction of sp³-hybridized carbons (Fsp3) is 0.333. The van der Waals surface area contributed by atoms with Crippen molar-refractivity contribution in [3.63, 3.8) is 0 Å². The third kappa shape index (κ3) is 3.06. The van der Waals surface area contributed by atoms with Crippen LogP contribution in [0.25, 0.3) is 0 Å². The highest BCUT2D eigenvalue weighted by Gasteiger charge is 2.23. The number of fused-ring (bicyclic) bond motifs is 1. The minimum Gasteiger partial charge on any atom is -0.504 e. The molecule has 0 radical (unpaired) electrons. The van der Waals surface area contributed by atoms with E-state index in [4.69, 9.17) is 0 Å². The van der Waals surface area contributed by atoms with Gasteiger partial charge in [-0.25, -0.2) is 0 Å². The fourth-order valence-electron chi connectivity index (χ4n) is 2.95. The van der Waals surface area contributed by atoms with Crippen molar-refractivity contribution in [2.45, 2.75) is 32.2 Å². The number of halogens is 1. The lowest BCUT2D eigenvalue weighted by atomic mass is 9.88. The van der Waals surface area contributed by atoms with Gasteiger partial charge in [0.1, 0.15) is 0 Å². The van der Waals surface area contributed by atoms with Gasteiger partial charge in [-0.3, -0.25) is 0 Å². The van der Waals surface area contributed by atoms with Crippen molar-refractivity contribution in [3.8, 4) is 11.5 Å². The topological polar surface area (TPSA) is 52.5 Å². The Labute approximate surface area is 137 Å². The molecule has 0 aliphatic carbocycles. The first-order chi connectivity index (χ1) is 10.1. The predicted molar refractivity (Wildman–Crippen MR) is 91.1 cm³/mol. The number of hydrogen-bond acceptors (Lipinski definition) is 3. The molecule has 3 N–H and O–H groups in total. The average molecular weight is 320 g/mol. The summed E-state index contributed by atoms with van der Waals surface area (Å²) >= 11 is 0. The summed E-state index contributed by atoms with van der Waals surface area (Å²) in [6.07, 6.45) is 0.865. The van der Waals surface area contributed by atoms with Crippen molar-refractivity contribution < 1.29 is 10.2 Å². The lowest BCUT2D eigenvalue weighted by molar-refractivity contribution is 0.400. The van der Waals surface area contributed by atoms with Gasteiger partial charge in [-0.2, -0.15) is 0 Å². The summed E-state index contributed by atoms with van der Waals surface area (Å²) in [5.74, 6) is 0.428. The molecule has 1 atom stereocenters. The fourth-order valence-corrected chi connectivity index (χ4v) is 2.95. The third-order valence-electron chi connectivity index (χ3n) is 4.23. The number of nitrogens with one attached hydrogen (secondary N) is 1. The second-order valence-corrected chi connectivity index (χ2v) is 6.00. The molecule has 0 saturated heterocycles. The highest BCUT2D eigenvalue weighted by Crippen LogP contribution is 2.36. The summed E-state index contributed by atoms with van der Waals surface area (Å²) in [6, 6.07) is 12.0. The molecule has 4 heteroatoms. The Morgan fingerprint density at radius 1 is 1.05 bits per heavy atom. The molecule has 2 aromatic rings. The zero-order valence-corrected chi connectivity index (χ0v) is 13.7. The summed E-state index contributed by atoms with van der Waals surface area (Å²) in [5.41, 5.74) is 4.66. The molecular formula is C18H22ClNO2. The van der Waals surface area contributed by atoms with E-state index in [0.717, 1.165) is 24.1 Å². The maximum atomic E-state index is 9.78. The van der Waals surface area contributed by atoms with Crippen LogP contribution in [0.3, 0.4) is 0 Å². The molecule has 0 aromatic heterocycles. The molecule has 3 nitrogen and oxygen atoms in total. The van der Waals surface area contributed by atoms with Gasteiger partial charge in [-0.05, 0) is 46.7 Å². The largest absolute Gasteiger partial charge is 0.504 e. The normalized spacial score (nSPS) is 17.0. The standard InChI is InChI=1S/C18H21NO2.ClH/c1-11(2)12-3-5-13(6-4-12)18-15-10-17(21)16(20)9-14(15)7-8-19-18;/h3-6,9-11,18-21H,7-8H2,1-2H3;1H. The second-order valence-electron chi connectivity index (χ2n) is 6.00. The van der Waals surface area contributed by atoms with Gasteiger partial charge < -0.3 is 15.5 Å². The van der Waals surface area contributed by atoms with E-state index in [0.29, 0.717) is 5.92 Å². The SMILES string of the molecule is CC(C)c1ccc(C2NCCc3cc(O)c(O)cc32)cc1.Cl. The molecule has 0 amide bonds. The molecule has 1 heterocycles. The van der Waals surface area contributed by atoms with Crippen LogP contribution in [0.15, 0.2) is 36.4 Å². The van der Waals surface area contributed by atoms with Crippen molar-refractivity contribution in [1.82, 2.24) is 5.32 Å². The maximum Gasteiger partial charge on any atom is 0.157 e. The van der Waals surface area contributed by atoms with Crippen LogP contribution in [0.1, 0.15) is 48.1 Å². The van der Waals surface area contributed by atoms with E-state index < -0.39 is 0 Å². The lowest BCUT2D eigenvalue weighted by Crippen LogP contribution is -2.30. The maximum absolute atomic E-state index is 9.78. The first-order valence-corrected chi connectivity index (χ1v) is 7.44. The summed E-state index contributed by atoms with van der Waals surface area (Å²) in [6.45, 7) is 5.24.